The third kappa shape index (κ3) is 4.19. The van der Waals surface area contributed by atoms with Crippen LogP contribution in [0.5, 0.6) is 0 Å². The van der Waals surface area contributed by atoms with Gasteiger partial charge in [-0.2, -0.15) is 10.2 Å². The standard InChI is InChI=1S/C26H27N5O2/c1-19(2)31-25(32)13-12-22(28-31)26-21(27-30-14-6-5-9-24(26)30)11-10-20-7-3-4-8-23(20)29-15-17-33-18-16-29/h3-14,19H,15-18H2,1-2H3/b11-10+. The minimum Gasteiger partial charge on any atom is -0.378 e. The lowest BCUT2D eigenvalue weighted by Gasteiger charge is -2.30. The van der Waals surface area contributed by atoms with Crippen LogP contribution in [0.3, 0.4) is 0 Å². The van der Waals surface area contributed by atoms with Crippen molar-refractivity contribution in [1.82, 2.24) is 19.4 Å². The average molecular weight is 442 g/mol. The van der Waals surface area contributed by atoms with Gasteiger partial charge in [0, 0.05) is 31.0 Å². The maximum atomic E-state index is 12.3. The Bertz CT molecular complexity index is 1360. The van der Waals surface area contributed by atoms with Crippen LogP contribution in [0, 0.1) is 0 Å². The Labute approximate surface area is 192 Å². The summed E-state index contributed by atoms with van der Waals surface area (Å²) in [5, 5.41) is 9.48. The van der Waals surface area contributed by atoms with Crippen molar-refractivity contribution in [3.05, 3.63) is 82.4 Å². The van der Waals surface area contributed by atoms with Gasteiger partial charge in [0.1, 0.15) is 0 Å². The Morgan fingerprint density at radius 3 is 2.55 bits per heavy atom. The summed E-state index contributed by atoms with van der Waals surface area (Å²) in [6.45, 7) is 7.16. The zero-order chi connectivity index (χ0) is 22.8. The maximum Gasteiger partial charge on any atom is 0.267 e. The second-order valence-corrected chi connectivity index (χ2v) is 8.38. The van der Waals surface area contributed by atoms with Crippen molar-refractivity contribution in [3.8, 4) is 11.3 Å². The number of ether oxygens (including phenoxy) is 1. The molecule has 5 rings (SSSR count). The predicted molar refractivity (Wildman–Crippen MR) is 131 cm³/mol. The van der Waals surface area contributed by atoms with E-state index in [-0.39, 0.29) is 11.6 Å². The normalized spacial score (nSPS) is 14.6. The number of anilines is 1. The monoisotopic (exact) mass is 441 g/mol. The number of morpholine rings is 1. The second-order valence-electron chi connectivity index (χ2n) is 8.38. The van der Waals surface area contributed by atoms with Crippen molar-refractivity contribution in [3.63, 3.8) is 0 Å². The Hall–Kier alpha value is -3.71. The largest absolute Gasteiger partial charge is 0.378 e. The first-order valence-corrected chi connectivity index (χ1v) is 11.3. The van der Waals surface area contributed by atoms with Gasteiger partial charge in [-0.25, -0.2) is 9.20 Å². The summed E-state index contributed by atoms with van der Waals surface area (Å²) in [5.74, 6) is 0. The molecule has 7 nitrogen and oxygen atoms in total. The van der Waals surface area contributed by atoms with E-state index in [2.05, 4.69) is 34.3 Å². The Morgan fingerprint density at radius 1 is 0.939 bits per heavy atom. The van der Waals surface area contributed by atoms with Gasteiger partial charge >= 0.3 is 0 Å². The van der Waals surface area contributed by atoms with Gasteiger partial charge in [0.05, 0.1) is 41.7 Å². The minimum atomic E-state index is -0.109. The molecule has 168 valence electrons. The molecule has 1 fully saturated rings. The quantitative estimate of drug-likeness (QED) is 0.466. The second kappa shape index (κ2) is 9.03. The highest BCUT2D eigenvalue weighted by atomic mass is 16.5. The molecule has 1 aliphatic heterocycles. The molecule has 0 N–H and O–H groups in total. The van der Waals surface area contributed by atoms with Crippen molar-refractivity contribution in [1.29, 1.82) is 0 Å². The molecule has 33 heavy (non-hydrogen) atoms. The summed E-state index contributed by atoms with van der Waals surface area (Å²) in [5.41, 5.74) is 5.59. The van der Waals surface area contributed by atoms with Crippen LogP contribution in [-0.4, -0.2) is 45.7 Å². The van der Waals surface area contributed by atoms with Gasteiger partial charge < -0.3 is 9.64 Å². The van der Waals surface area contributed by atoms with Crippen LogP contribution in [0.15, 0.2) is 65.6 Å². The van der Waals surface area contributed by atoms with Crippen LogP contribution in [0.1, 0.15) is 31.1 Å². The van der Waals surface area contributed by atoms with Crippen molar-refractivity contribution in [2.45, 2.75) is 19.9 Å². The molecule has 1 aromatic carbocycles. The Morgan fingerprint density at radius 2 is 1.73 bits per heavy atom. The van der Waals surface area contributed by atoms with Crippen LogP contribution in [0.25, 0.3) is 28.9 Å². The van der Waals surface area contributed by atoms with Gasteiger partial charge in [0.2, 0.25) is 0 Å². The van der Waals surface area contributed by atoms with Gasteiger partial charge in [0.25, 0.3) is 5.56 Å². The van der Waals surface area contributed by atoms with E-state index in [1.54, 1.807) is 12.1 Å². The molecule has 0 aliphatic carbocycles. The topological polar surface area (TPSA) is 64.7 Å². The highest BCUT2D eigenvalue weighted by Crippen LogP contribution is 2.29. The number of rotatable bonds is 5. The van der Waals surface area contributed by atoms with Gasteiger partial charge in [-0.3, -0.25) is 4.79 Å². The zero-order valence-electron chi connectivity index (χ0n) is 18.9. The SMILES string of the molecule is CC(C)n1nc(-c2c(/C=C/c3ccccc3N3CCOCC3)nn3ccccc23)ccc1=O. The van der Waals surface area contributed by atoms with E-state index >= 15 is 0 Å². The first-order chi connectivity index (χ1) is 16.1. The summed E-state index contributed by atoms with van der Waals surface area (Å²) in [6.07, 6.45) is 6.07. The van der Waals surface area contributed by atoms with Crippen LogP contribution >= 0.6 is 0 Å². The fraction of sp³-hybridized carbons (Fsp3) is 0.269. The van der Waals surface area contributed by atoms with E-state index < -0.39 is 0 Å². The number of fused-ring (bicyclic) bond motifs is 1. The lowest BCUT2D eigenvalue weighted by molar-refractivity contribution is 0.122. The van der Waals surface area contributed by atoms with E-state index in [4.69, 9.17) is 9.84 Å². The average Bonchev–Trinajstić information content (AvgIpc) is 3.22. The summed E-state index contributed by atoms with van der Waals surface area (Å²) < 4.78 is 8.89. The van der Waals surface area contributed by atoms with E-state index in [9.17, 15) is 4.79 Å². The van der Waals surface area contributed by atoms with Gasteiger partial charge in [-0.15, -0.1) is 0 Å². The number of pyridine rings is 1. The predicted octanol–water partition coefficient (Wildman–Crippen LogP) is 4.15. The molecule has 0 saturated carbocycles. The van der Waals surface area contributed by atoms with E-state index in [1.807, 2.05) is 54.9 Å². The van der Waals surface area contributed by atoms with Crippen LogP contribution in [0.4, 0.5) is 5.69 Å². The first kappa shape index (κ1) is 21.2. The molecule has 1 aliphatic rings. The summed E-state index contributed by atoms with van der Waals surface area (Å²) >= 11 is 0. The molecule has 0 radical (unpaired) electrons. The summed E-state index contributed by atoms with van der Waals surface area (Å²) in [7, 11) is 0. The fourth-order valence-corrected chi connectivity index (χ4v) is 4.21. The van der Waals surface area contributed by atoms with Crippen LogP contribution in [0.2, 0.25) is 0 Å². The third-order valence-corrected chi connectivity index (χ3v) is 5.85. The van der Waals surface area contributed by atoms with E-state index in [0.29, 0.717) is 0 Å². The molecule has 1 saturated heterocycles. The molecular weight excluding hydrogens is 414 g/mol. The lowest BCUT2D eigenvalue weighted by Crippen LogP contribution is -2.36. The highest BCUT2D eigenvalue weighted by Gasteiger charge is 2.17. The molecule has 0 amide bonds. The minimum absolute atomic E-state index is 0.0290. The van der Waals surface area contributed by atoms with Gasteiger partial charge in [-0.05, 0) is 49.8 Å². The highest BCUT2D eigenvalue weighted by molar-refractivity contribution is 5.88. The van der Waals surface area contributed by atoms with E-state index in [0.717, 1.165) is 54.3 Å². The van der Waals surface area contributed by atoms with Crippen molar-refractivity contribution in [2.75, 3.05) is 31.2 Å². The van der Waals surface area contributed by atoms with Gasteiger partial charge in [0.15, 0.2) is 0 Å². The summed E-state index contributed by atoms with van der Waals surface area (Å²) in [4.78, 5) is 14.6. The molecule has 0 spiro atoms. The number of benzene rings is 1. The fourth-order valence-electron chi connectivity index (χ4n) is 4.21. The van der Waals surface area contributed by atoms with Crippen molar-refractivity contribution in [2.24, 2.45) is 0 Å². The molecule has 4 aromatic rings. The number of hydrogen-bond acceptors (Lipinski definition) is 5. The molecule has 0 unspecified atom stereocenters. The first-order valence-electron chi connectivity index (χ1n) is 11.3. The Kier molecular flexibility index (Phi) is 5.79. The van der Waals surface area contributed by atoms with Crippen molar-refractivity contribution < 1.29 is 4.74 Å². The van der Waals surface area contributed by atoms with E-state index in [1.165, 1.54) is 10.4 Å². The zero-order valence-corrected chi connectivity index (χ0v) is 18.9. The Balaban J connectivity index is 1.60. The number of hydrogen-bond donors (Lipinski definition) is 0. The van der Waals surface area contributed by atoms with Crippen LogP contribution in [-0.2, 0) is 4.74 Å². The summed E-state index contributed by atoms with van der Waals surface area (Å²) in [6, 6.07) is 17.7. The molecule has 4 heterocycles. The molecule has 7 heteroatoms. The molecule has 3 aromatic heterocycles. The number of nitrogens with zero attached hydrogens (tertiary/aromatic N) is 5. The van der Waals surface area contributed by atoms with Crippen molar-refractivity contribution >= 4 is 23.4 Å². The van der Waals surface area contributed by atoms with Crippen LogP contribution < -0.4 is 10.5 Å². The number of aromatic nitrogens is 4. The van der Waals surface area contributed by atoms with Gasteiger partial charge in [-0.1, -0.05) is 30.3 Å². The molecular formula is C26H27N5O2. The molecule has 0 atom stereocenters. The molecule has 0 bridgehead atoms. The smallest absolute Gasteiger partial charge is 0.267 e. The number of para-hydroxylation sites is 1. The third-order valence-electron chi connectivity index (χ3n) is 5.85. The maximum absolute atomic E-state index is 12.3. The lowest BCUT2D eigenvalue weighted by atomic mass is 10.1.